The average Bonchev–Trinajstić information content (AvgIpc) is 2.74. The molecule has 7 heteroatoms. The Morgan fingerprint density at radius 1 is 1.37 bits per heavy atom. The van der Waals surface area contributed by atoms with Crippen molar-refractivity contribution in [2.45, 2.75) is 12.5 Å². The van der Waals surface area contributed by atoms with Gasteiger partial charge in [-0.25, -0.2) is 4.98 Å². The van der Waals surface area contributed by atoms with E-state index < -0.39 is 10.2 Å². The monoisotopic (exact) mass is 280 g/mol. The highest BCUT2D eigenvalue weighted by molar-refractivity contribution is 7.87. The Balaban J connectivity index is 1.96. The minimum Gasteiger partial charge on any atom is -0.334 e. The molecule has 0 spiro atoms. The summed E-state index contributed by atoms with van der Waals surface area (Å²) in [6, 6.07) is 5.72. The second-order valence-electron chi connectivity index (χ2n) is 4.89. The topological polar surface area (TPSA) is 67.2 Å². The molecule has 0 bridgehead atoms. The maximum absolute atomic E-state index is 11.8. The summed E-state index contributed by atoms with van der Waals surface area (Å²) >= 11 is 0. The van der Waals surface area contributed by atoms with E-state index in [0.717, 1.165) is 23.0 Å². The van der Waals surface area contributed by atoms with E-state index in [2.05, 4.69) is 9.71 Å². The van der Waals surface area contributed by atoms with Crippen LogP contribution in [0.5, 0.6) is 0 Å². The van der Waals surface area contributed by atoms with Gasteiger partial charge in [0.2, 0.25) is 0 Å². The molecule has 0 radical (unpaired) electrons. The third kappa shape index (κ3) is 2.13. The Hall–Kier alpha value is -1.44. The molecule has 1 saturated heterocycles. The van der Waals surface area contributed by atoms with Crippen LogP contribution in [-0.2, 0) is 17.3 Å². The summed E-state index contributed by atoms with van der Waals surface area (Å²) in [5, 5.41) is 0. The molecular weight excluding hydrogens is 264 g/mol. The lowest BCUT2D eigenvalue weighted by Crippen LogP contribution is -2.46. The van der Waals surface area contributed by atoms with E-state index in [1.54, 1.807) is 13.4 Å². The largest absolute Gasteiger partial charge is 0.334 e. The zero-order valence-corrected chi connectivity index (χ0v) is 11.7. The predicted molar refractivity (Wildman–Crippen MR) is 72.8 cm³/mol. The number of aryl methyl sites for hydroxylation is 1. The van der Waals surface area contributed by atoms with Gasteiger partial charge >= 0.3 is 0 Å². The molecule has 1 atom stereocenters. The van der Waals surface area contributed by atoms with Crippen molar-refractivity contribution in [3.8, 4) is 0 Å². The fourth-order valence-electron chi connectivity index (χ4n) is 2.36. The lowest BCUT2D eigenvalue weighted by Gasteiger charge is -2.30. The molecule has 0 aliphatic carbocycles. The van der Waals surface area contributed by atoms with Gasteiger partial charge in [-0.05, 0) is 24.1 Å². The van der Waals surface area contributed by atoms with E-state index in [1.807, 2.05) is 29.8 Å². The first-order chi connectivity index (χ1) is 8.97. The lowest BCUT2D eigenvalue weighted by molar-refractivity contribution is 0.382. The van der Waals surface area contributed by atoms with Gasteiger partial charge in [0.15, 0.2) is 0 Å². The summed E-state index contributed by atoms with van der Waals surface area (Å²) < 4.78 is 29.6. The van der Waals surface area contributed by atoms with E-state index in [0.29, 0.717) is 6.54 Å². The Morgan fingerprint density at radius 2 is 2.16 bits per heavy atom. The molecular formula is C12H16N4O2S. The highest BCUT2D eigenvalue weighted by atomic mass is 32.2. The summed E-state index contributed by atoms with van der Waals surface area (Å²) in [7, 11) is 0.172. The molecule has 1 aromatic carbocycles. The summed E-state index contributed by atoms with van der Waals surface area (Å²) in [5.74, 6) is 0. The quantitative estimate of drug-likeness (QED) is 0.839. The first kappa shape index (κ1) is 12.6. The van der Waals surface area contributed by atoms with Crippen molar-refractivity contribution in [1.29, 1.82) is 0 Å². The van der Waals surface area contributed by atoms with Crippen LogP contribution >= 0.6 is 0 Å². The average molecular weight is 280 g/mol. The molecule has 2 aromatic rings. The van der Waals surface area contributed by atoms with Crippen LogP contribution in [0.4, 0.5) is 0 Å². The van der Waals surface area contributed by atoms with Crippen LogP contribution in [0.15, 0.2) is 24.5 Å². The van der Waals surface area contributed by atoms with E-state index in [4.69, 9.17) is 0 Å². The van der Waals surface area contributed by atoms with Crippen molar-refractivity contribution in [1.82, 2.24) is 18.6 Å². The fraction of sp³-hybridized carbons (Fsp3) is 0.417. The van der Waals surface area contributed by atoms with Crippen molar-refractivity contribution < 1.29 is 8.42 Å². The molecule has 1 aliphatic heterocycles. The lowest BCUT2D eigenvalue weighted by atomic mass is 10.0. The zero-order valence-electron chi connectivity index (χ0n) is 10.9. The van der Waals surface area contributed by atoms with Crippen LogP contribution in [0, 0.1) is 0 Å². The van der Waals surface area contributed by atoms with Crippen LogP contribution in [-0.4, -0.2) is 35.9 Å². The Labute approximate surface area is 112 Å². The number of nitrogens with zero attached hydrogens (tertiary/aromatic N) is 3. The molecule has 0 amide bonds. The molecule has 1 aliphatic rings. The van der Waals surface area contributed by atoms with Gasteiger partial charge in [-0.2, -0.15) is 17.4 Å². The maximum atomic E-state index is 11.8. The van der Waals surface area contributed by atoms with Gasteiger partial charge in [-0.3, -0.25) is 0 Å². The summed E-state index contributed by atoms with van der Waals surface area (Å²) in [5.41, 5.74) is 2.89. The van der Waals surface area contributed by atoms with E-state index in [-0.39, 0.29) is 6.04 Å². The van der Waals surface area contributed by atoms with Crippen LogP contribution < -0.4 is 4.72 Å². The van der Waals surface area contributed by atoms with E-state index >= 15 is 0 Å². The number of fused-ring (bicyclic) bond motifs is 1. The Kier molecular flexibility index (Phi) is 2.84. The molecule has 1 N–H and O–H groups in total. The van der Waals surface area contributed by atoms with Crippen LogP contribution in [0.2, 0.25) is 0 Å². The molecule has 1 fully saturated rings. The SMILES string of the molecule is CN1CC[C@@H](c2ccc3c(c2)ncn3C)NS1(=O)=O. The van der Waals surface area contributed by atoms with Crippen LogP contribution in [0.3, 0.4) is 0 Å². The van der Waals surface area contributed by atoms with Crippen molar-refractivity contribution in [2.24, 2.45) is 7.05 Å². The summed E-state index contributed by atoms with van der Waals surface area (Å²) in [6.07, 6.45) is 2.52. The smallest absolute Gasteiger partial charge is 0.279 e. The van der Waals surface area contributed by atoms with Gasteiger partial charge < -0.3 is 4.57 Å². The highest BCUT2D eigenvalue weighted by Crippen LogP contribution is 2.25. The van der Waals surface area contributed by atoms with Crippen LogP contribution in [0.25, 0.3) is 11.0 Å². The van der Waals surface area contributed by atoms with Gasteiger partial charge in [0.1, 0.15) is 0 Å². The Bertz CT molecular complexity index is 722. The van der Waals surface area contributed by atoms with Gasteiger partial charge in [0, 0.05) is 26.7 Å². The number of aromatic nitrogens is 2. The predicted octanol–water partition coefficient (Wildman–Crippen LogP) is 0.784. The third-order valence-corrected chi connectivity index (χ3v) is 5.17. The van der Waals surface area contributed by atoms with E-state index in [1.165, 1.54) is 4.31 Å². The fourth-order valence-corrected chi connectivity index (χ4v) is 3.50. The summed E-state index contributed by atoms with van der Waals surface area (Å²) in [6.45, 7) is 0.528. The zero-order chi connectivity index (χ0) is 13.6. The van der Waals surface area contributed by atoms with Crippen molar-refractivity contribution >= 4 is 21.2 Å². The molecule has 0 unspecified atom stereocenters. The van der Waals surface area contributed by atoms with E-state index in [9.17, 15) is 8.42 Å². The molecule has 1 aromatic heterocycles. The summed E-state index contributed by atoms with van der Waals surface area (Å²) in [4.78, 5) is 4.30. The molecule has 0 saturated carbocycles. The molecule has 102 valence electrons. The number of rotatable bonds is 1. The number of imidazole rings is 1. The first-order valence-corrected chi connectivity index (χ1v) is 7.56. The number of hydrogen-bond donors (Lipinski definition) is 1. The van der Waals surface area contributed by atoms with Gasteiger partial charge in [-0.15, -0.1) is 0 Å². The van der Waals surface area contributed by atoms with Gasteiger partial charge in [0.25, 0.3) is 10.2 Å². The van der Waals surface area contributed by atoms with Crippen molar-refractivity contribution in [3.63, 3.8) is 0 Å². The molecule has 6 nitrogen and oxygen atoms in total. The minimum atomic E-state index is -3.35. The Morgan fingerprint density at radius 3 is 2.89 bits per heavy atom. The molecule has 2 heterocycles. The number of nitrogens with one attached hydrogen (secondary N) is 1. The van der Waals surface area contributed by atoms with Crippen molar-refractivity contribution in [3.05, 3.63) is 30.1 Å². The molecule has 3 rings (SSSR count). The number of hydrogen-bond acceptors (Lipinski definition) is 3. The number of benzene rings is 1. The van der Waals surface area contributed by atoms with Gasteiger partial charge in [-0.1, -0.05) is 6.07 Å². The maximum Gasteiger partial charge on any atom is 0.279 e. The second kappa shape index (κ2) is 4.29. The standard InChI is InChI=1S/C12H16N4O2S/c1-15-8-13-11-7-9(3-4-12(11)15)10-5-6-16(2)19(17,18)14-10/h3-4,7-8,10,14H,5-6H2,1-2H3/t10-/m0/s1. The first-order valence-electron chi connectivity index (χ1n) is 6.12. The van der Waals surface area contributed by atoms with Crippen LogP contribution in [0.1, 0.15) is 18.0 Å². The minimum absolute atomic E-state index is 0.174. The molecule has 19 heavy (non-hydrogen) atoms. The second-order valence-corrected chi connectivity index (χ2v) is 6.70. The normalized spacial score (nSPS) is 23.8. The highest BCUT2D eigenvalue weighted by Gasteiger charge is 2.29. The third-order valence-electron chi connectivity index (χ3n) is 3.59. The van der Waals surface area contributed by atoms with Crippen molar-refractivity contribution in [2.75, 3.05) is 13.6 Å². The van der Waals surface area contributed by atoms with Gasteiger partial charge in [0.05, 0.1) is 17.4 Å².